The van der Waals surface area contributed by atoms with Crippen LogP contribution < -0.4 is 10.6 Å². The van der Waals surface area contributed by atoms with Crippen molar-refractivity contribution in [1.29, 1.82) is 0 Å². The number of halogens is 2. The lowest BCUT2D eigenvalue weighted by atomic mass is 10.0. The number of nitrogens with two attached hydrogens (primary N) is 1. The van der Waals surface area contributed by atoms with E-state index in [1.54, 1.807) is 32.0 Å². The van der Waals surface area contributed by atoms with Crippen LogP contribution in [0, 0.1) is 18.6 Å². The van der Waals surface area contributed by atoms with Crippen LogP contribution in [-0.4, -0.2) is 7.05 Å². The van der Waals surface area contributed by atoms with Crippen molar-refractivity contribution < 1.29 is 8.78 Å². The zero-order chi connectivity index (χ0) is 14.9. The maximum Gasteiger partial charge on any atom is 0.126 e. The molecule has 2 aromatic rings. The second-order valence-corrected chi connectivity index (χ2v) is 4.99. The Hall–Kier alpha value is -1.94. The zero-order valence-corrected chi connectivity index (χ0v) is 11.8. The summed E-state index contributed by atoms with van der Waals surface area (Å²) in [5, 5.41) is 0. The monoisotopic (exact) mass is 276 g/mol. The quantitative estimate of drug-likeness (QED) is 0.916. The summed E-state index contributed by atoms with van der Waals surface area (Å²) >= 11 is 0. The fourth-order valence-electron chi connectivity index (χ4n) is 2.16. The Balaban J connectivity index is 2.53. The molecule has 0 unspecified atom stereocenters. The van der Waals surface area contributed by atoms with E-state index in [4.69, 9.17) is 5.73 Å². The van der Waals surface area contributed by atoms with Crippen LogP contribution in [0.25, 0.3) is 0 Å². The van der Waals surface area contributed by atoms with Crippen LogP contribution in [0.4, 0.5) is 20.2 Å². The molecule has 0 aliphatic heterocycles. The van der Waals surface area contributed by atoms with Gasteiger partial charge < -0.3 is 10.6 Å². The van der Waals surface area contributed by atoms with Gasteiger partial charge in [0.15, 0.2) is 0 Å². The Morgan fingerprint density at radius 1 is 1.15 bits per heavy atom. The lowest BCUT2D eigenvalue weighted by Crippen LogP contribution is -2.16. The molecule has 0 radical (unpaired) electrons. The minimum atomic E-state index is -0.310. The van der Waals surface area contributed by atoms with Gasteiger partial charge in [0.25, 0.3) is 0 Å². The van der Waals surface area contributed by atoms with Gasteiger partial charge in [-0.2, -0.15) is 0 Å². The predicted octanol–water partition coefficient (Wildman–Crippen LogP) is 4.06. The molecule has 1 atom stereocenters. The third-order valence-electron chi connectivity index (χ3n) is 3.36. The largest absolute Gasteiger partial charge is 0.344 e. The van der Waals surface area contributed by atoms with Crippen molar-refractivity contribution in [2.75, 3.05) is 11.9 Å². The molecule has 0 amide bonds. The maximum atomic E-state index is 13.7. The van der Waals surface area contributed by atoms with E-state index in [-0.39, 0.29) is 17.7 Å². The normalized spacial score (nSPS) is 12.3. The van der Waals surface area contributed by atoms with E-state index in [2.05, 4.69) is 0 Å². The van der Waals surface area contributed by atoms with Gasteiger partial charge in [0.05, 0.1) is 0 Å². The molecular weight excluding hydrogens is 258 g/mol. The van der Waals surface area contributed by atoms with Crippen LogP contribution in [0.1, 0.15) is 24.1 Å². The lowest BCUT2D eigenvalue weighted by Gasteiger charge is -2.25. The molecule has 0 aliphatic rings. The molecule has 4 heteroatoms. The molecule has 0 bridgehead atoms. The molecule has 2 nitrogen and oxygen atoms in total. The third kappa shape index (κ3) is 2.80. The fourth-order valence-corrected chi connectivity index (χ4v) is 2.16. The zero-order valence-electron chi connectivity index (χ0n) is 11.8. The highest BCUT2D eigenvalue weighted by molar-refractivity contribution is 5.67. The average molecular weight is 276 g/mol. The first-order valence-electron chi connectivity index (χ1n) is 6.45. The number of hydrogen-bond acceptors (Lipinski definition) is 2. The molecule has 20 heavy (non-hydrogen) atoms. The summed E-state index contributed by atoms with van der Waals surface area (Å²) in [6.07, 6.45) is 0. The van der Waals surface area contributed by atoms with Crippen molar-refractivity contribution >= 4 is 11.4 Å². The minimum absolute atomic E-state index is 0.284. The van der Waals surface area contributed by atoms with Crippen molar-refractivity contribution in [3.05, 3.63) is 59.2 Å². The standard InChI is InChI=1S/C16H18F2N2/c1-10-7-16(14(11(2)19)9-15(10)18)20(3)13-6-4-5-12(17)8-13/h4-9,11H,19H2,1-3H3/t11-/m0/s1. The predicted molar refractivity (Wildman–Crippen MR) is 78.2 cm³/mol. The van der Waals surface area contributed by atoms with Gasteiger partial charge in [0.1, 0.15) is 11.6 Å². The van der Waals surface area contributed by atoms with Crippen LogP contribution in [0.15, 0.2) is 36.4 Å². The second kappa shape index (κ2) is 5.59. The SMILES string of the molecule is Cc1cc(N(C)c2cccc(F)c2)c([C@H](C)N)cc1F. The van der Waals surface area contributed by atoms with E-state index < -0.39 is 0 Å². The molecule has 0 fully saturated rings. The van der Waals surface area contributed by atoms with Gasteiger partial charge in [-0.15, -0.1) is 0 Å². The van der Waals surface area contributed by atoms with Gasteiger partial charge in [-0.05, 0) is 55.3 Å². The number of aryl methyl sites for hydroxylation is 1. The lowest BCUT2D eigenvalue weighted by molar-refractivity contribution is 0.613. The first kappa shape index (κ1) is 14.5. The second-order valence-electron chi connectivity index (χ2n) is 4.99. The van der Waals surface area contributed by atoms with Gasteiger partial charge in [0.2, 0.25) is 0 Å². The molecule has 0 aromatic heterocycles. The van der Waals surface area contributed by atoms with Crippen LogP contribution in [-0.2, 0) is 0 Å². The first-order chi connectivity index (χ1) is 9.40. The molecule has 2 rings (SSSR count). The molecule has 2 N–H and O–H groups in total. The summed E-state index contributed by atoms with van der Waals surface area (Å²) in [7, 11) is 1.81. The average Bonchev–Trinajstić information content (AvgIpc) is 2.40. The fraction of sp³-hybridized carbons (Fsp3) is 0.250. The number of benzene rings is 2. The van der Waals surface area contributed by atoms with E-state index >= 15 is 0 Å². The molecule has 0 saturated carbocycles. The van der Waals surface area contributed by atoms with E-state index in [9.17, 15) is 8.78 Å². The Labute approximate surface area is 117 Å². The summed E-state index contributed by atoms with van der Waals surface area (Å²) < 4.78 is 27.0. The Kier molecular flexibility index (Phi) is 4.04. The van der Waals surface area contributed by atoms with Gasteiger partial charge in [-0.25, -0.2) is 8.78 Å². The van der Waals surface area contributed by atoms with Crippen LogP contribution in [0.3, 0.4) is 0 Å². The van der Waals surface area contributed by atoms with Gasteiger partial charge in [0, 0.05) is 24.5 Å². The van der Waals surface area contributed by atoms with E-state index in [1.165, 1.54) is 18.2 Å². The number of nitrogens with zero attached hydrogens (tertiary/aromatic N) is 1. The molecule has 0 saturated heterocycles. The van der Waals surface area contributed by atoms with Crippen molar-refractivity contribution in [2.24, 2.45) is 5.73 Å². The van der Waals surface area contributed by atoms with Crippen LogP contribution >= 0.6 is 0 Å². The number of hydrogen-bond donors (Lipinski definition) is 1. The first-order valence-corrected chi connectivity index (χ1v) is 6.45. The third-order valence-corrected chi connectivity index (χ3v) is 3.36. The summed E-state index contributed by atoms with van der Waals surface area (Å²) in [6.45, 7) is 3.50. The van der Waals surface area contributed by atoms with E-state index in [0.717, 1.165) is 5.69 Å². The number of rotatable bonds is 3. The topological polar surface area (TPSA) is 29.3 Å². The summed E-state index contributed by atoms with van der Waals surface area (Å²) in [5.41, 5.74) is 8.62. The summed E-state index contributed by atoms with van der Waals surface area (Å²) in [6, 6.07) is 9.14. The van der Waals surface area contributed by atoms with Crippen LogP contribution in [0.2, 0.25) is 0 Å². The summed E-state index contributed by atoms with van der Waals surface area (Å²) in [5.74, 6) is -0.593. The summed E-state index contributed by atoms with van der Waals surface area (Å²) in [4.78, 5) is 1.81. The maximum absolute atomic E-state index is 13.7. The Morgan fingerprint density at radius 3 is 2.45 bits per heavy atom. The van der Waals surface area contributed by atoms with E-state index in [0.29, 0.717) is 16.8 Å². The molecule has 106 valence electrons. The Morgan fingerprint density at radius 2 is 1.85 bits per heavy atom. The number of anilines is 2. The van der Waals surface area contributed by atoms with E-state index in [1.807, 2.05) is 11.9 Å². The highest BCUT2D eigenvalue weighted by Gasteiger charge is 2.15. The smallest absolute Gasteiger partial charge is 0.126 e. The van der Waals surface area contributed by atoms with Gasteiger partial charge in [-0.1, -0.05) is 6.07 Å². The molecule has 2 aromatic carbocycles. The Bertz CT molecular complexity index is 624. The molecule has 0 aliphatic carbocycles. The van der Waals surface area contributed by atoms with Crippen molar-refractivity contribution in [2.45, 2.75) is 19.9 Å². The molecule has 0 heterocycles. The highest BCUT2D eigenvalue weighted by Crippen LogP contribution is 2.32. The van der Waals surface area contributed by atoms with Crippen LogP contribution in [0.5, 0.6) is 0 Å². The van der Waals surface area contributed by atoms with Crippen molar-refractivity contribution in [3.63, 3.8) is 0 Å². The van der Waals surface area contributed by atoms with Gasteiger partial charge in [-0.3, -0.25) is 0 Å². The minimum Gasteiger partial charge on any atom is -0.344 e. The highest BCUT2D eigenvalue weighted by atomic mass is 19.1. The van der Waals surface area contributed by atoms with Crippen molar-refractivity contribution in [3.8, 4) is 0 Å². The molecular formula is C16H18F2N2. The van der Waals surface area contributed by atoms with Crippen molar-refractivity contribution in [1.82, 2.24) is 0 Å². The molecule has 0 spiro atoms. The van der Waals surface area contributed by atoms with Gasteiger partial charge >= 0.3 is 0 Å².